The van der Waals surface area contributed by atoms with Crippen molar-refractivity contribution in [3.8, 4) is 0 Å². The Balaban J connectivity index is 1.43. The molecule has 4 heterocycles. The molecule has 4 rings (SSSR count). The van der Waals surface area contributed by atoms with Crippen molar-refractivity contribution in [2.24, 2.45) is 0 Å². The molecule has 0 aromatic carbocycles. The SMILES string of the molecule is CCC(CC1CCCN1CCC(NC(C)=O)c1nccs1)n1c(C)nc2c1CCN(C(=O)OC)C2. The minimum atomic E-state index is -0.285. The second-order valence-corrected chi connectivity index (χ2v) is 10.5. The average molecular weight is 503 g/mol. The van der Waals surface area contributed by atoms with E-state index in [4.69, 9.17) is 9.72 Å². The summed E-state index contributed by atoms with van der Waals surface area (Å²) in [7, 11) is 1.43. The smallest absolute Gasteiger partial charge is 0.409 e. The Morgan fingerprint density at radius 3 is 2.86 bits per heavy atom. The molecule has 2 aliphatic rings. The number of likely N-dealkylation sites (tertiary alicyclic amines) is 1. The molecule has 192 valence electrons. The van der Waals surface area contributed by atoms with Crippen LogP contribution in [-0.4, -0.2) is 69.1 Å². The van der Waals surface area contributed by atoms with Gasteiger partial charge >= 0.3 is 6.09 Å². The Kier molecular flexibility index (Phi) is 8.43. The predicted molar refractivity (Wildman–Crippen MR) is 135 cm³/mol. The number of hydrogen-bond donors (Lipinski definition) is 1. The van der Waals surface area contributed by atoms with Gasteiger partial charge in [-0.15, -0.1) is 11.3 Å². The first-order valence-electron chi connectivity index (χ1n) is 12.7. The van der Waals surface area contributed by atoms with Gasteiger partial charge in [-0.2, -0.15) is 0 Å². The van der Waals surface area contributed by atoms with Gasteiger partial charge < -0.3 is 24.4 Å². The van der Waals surface area contributed by atoms with Crippen molar-refractivity contribution in [3.63, 3.8) is 0 Å². The largest absolute Gasteiger partial charge is 0.453 e. The van der Waals surface area contributed by atoms with Gasteiger partial charge in [-0.3, -0.25) is 4.79 Å². The number of fused-ring (bicyclic) bond motifs is 1. The van der Waals surface area contributed by atoms with Crippen LogP contribution in [0.1, 0.15) is 80.3 Å². The quantitative estimate of drug-likeness (QED) is 0.560. The van der Waals surface area contributed by atoms with Gasteiger partial charge in [-0.1, -0.05) is 6.92 Å². The summed E-state index contributed by atoms with van der Waals surface area (Å²) in [6, 6.07) is 0.866. The molecule has 2 aromatic rings. The number of methoxy groups -OCH3 is 1. The van der Waals surface area contributed by atoms with Crippen molar-refractivity contribution in [3.05, 3.63) is 33.8 Å². The minimum absolute atomic E-state index is 0.0136. The van der Waals surface area contributed by atoms with E-state index in [0.717, 1.165) is 55.3 Å². The van der Waals surface area contributed by atoms with Crippen LogP contribution in [-0.2, 0) is 22.5 Å². The first-order chi connectivity index (χ1) is 16.9. The first kappa shape index (κ1) is 25.6. The van der Waals surface area contributed by atoms with Crippen LogP contribution in [0.15, 0.2) is 11.6 Å². The highest BCUT2D eigenvalue weighted by molar-refractivity contribution is 7.09. The number of rotatable bonds is 9. The second-order valence-electron chi connectivity index (χ2n) is 9.61. The van der Waals surface area contributed by atoms with Crippen LogP contribution >= 0.6 is 11.3 Å². The molecule has 1 saturated heterocycles. The molecule has 3 unspecified atom stereocenters. The molecule has 1 N–H and O–H groups in total. The lowest BCUT2D eigenvalue weighted by molar-refractivity contribution is -0.119. The van der Waals surface area contributed by atoms with E-state index in [9.17, 15) is 9.59 Å². The van der Waals surface area contributed by atoms with Crippen LogP contribution in [0.5, 0.6) is 0 Å². The monoisotopic (exact) mass is 502 g/mol. The van der Waals surface area contributed by atoms with Crippen LogP contribution in [0.3, 0.4) is 0 Å². The van der Waals surface area contributed by atoms with Crippen molar-refractivity contribution in [2.45, 2.75) is 84.0 Å². The maximum absolute atomic E-state index is 12.0. The number of hydrogen-bond acceptors (Lipinski definition) is 7. The molecule has 0 spiro atoms. The zero-order chi connectivity index (χ0) is 24.9. The van der Waals surface area contributed by atoms with Crippen LogP contribution in [0, 0.1) is 6.92 Å². The summed E-state index contributed by atoms with van der Waals surface area (Å²) in [6.07, 6.45) is 7.73. The van der Waals surface area contributed by atoms with Crippen LogP contribution in [0.25, 0.3) is 0 Å². The second kappa shape index (κ2) is 11.5. The number of carbonyl (C=O) groups is 2. The number of amides is 2. The zero-order valence-electron chi connectivity index (χ0n) is 21.3. The molecule has 0 saturated carbocycles. The number of nitrogens with zero attached hydrogens (tertiary/aromatic N) is 5. The number of nitrogens with one attached hydrogen (secondary N) is 1. The van der Waals surface area contributed by atoms with E-state index in [1.165, 1.54) is 25.6 Å². The topological polar surface area (TPSA) is 92.6 Å². The van der Waals surface area contributed by atoms with Crippen molar-refractivity contribution < 1.29 is 14.3 Å². The van der Waals surface area contributed by atoms with Crippen LogP contribution in [0.4, 0.5) is 4.79 Å². The number of imidazole rings is 1. The molecule has 10 heteroatoms. The molecule has 9 nitrogen and oxygen atoms in total. The summed E-state index contributed by atoms with van der Waals surface area (Å²) in [5.74, 6) is 1.02. The van der Waals surface area contributed by atoms with E-state index >= 15 is 0 Å². The first-order valence-corrected chi connectivity index (χ1v) is 13.6. The standard InChI is InChI=1S/C25H38N6O3S/c1-5-19(31-17(2)27-22-16-30(25(33)34-4)13-9-23(22)31)15-20-7-6-11-29(20)12-8-21(28-18(3)32)24-26-10-14-35-24/h10,14,19-21H,5-9,11-13,15-16H2,1-4H3,(H,28,32). The molecule has 0 bridgehead atoms. The Morgan fingerprint density at radius 2 is 2.17 bits per heavy atom. The van der Waals surface area contributed by atoms with Crippen molar-refractivity contribution >= 4 is 23.3 Å². The lowest BCUT2D eigenvalue weighted by Gasteiger charge is -2.32. The molecule has 0 radical (unpaired) electrons. The molecule has 2 amide bonds. The summed E-state index contributed by atoms with van der Waals surface area (Å²) in [6.45, 7) is 9.14. The maximum atomic E-state index is 12.0. The molecule has 35 heavy (non-hydrogen) atoms. The predicted octanol–water partition coefficient (Wildman–Crippen LogP) is 3.85. The van der Waals surface area contributed by atoms with E-state index in [1.54, 1.807) is 29.4 Å². The highest BCUT2D eigenvalue weighted by atomic mass is 32.1. The number of carbonyl (C=O) groups excluding carboxylic acids is 2. The fraction of sp³-hybridized carbons (Fsp3) is 0.680. The summed E-state index contributed by atoms with van der Waals surface area (Å²) >= 11 is 1.60. The molecule has 3 atom stereocenters. The van der Waals surface area contributed by atoms with E-state index < -0.39 is 0 Å². The third kappa shape index (κ3) is 5.86. The molecule has 2 aromatic heterocycles. The molecule has 0 aliphatic carbocycles. The van der Waals surface area contributed by atoms with E-state index in [-0.39, 0.29) is 18.0 Å². The van der Waals surface area contributed by atoms with Crippen LogP contribution < -0.4 is 5.32 Å². The van der Waals surface area contributed by atoms with Crippen LogP contribution in [0.2, 0.25) is 0 Å². The highest BCUT2D eigenvalue weighted by Crippen LogP contribution is 2.33. The summed E-state index contributed by atoms with van der Waals surface area (Å²) in [5, 5.41) is 6.03. The van der Waals surface area contributed by atoms with Crippen molar-refractivity contribution in [1.29, 1.82) is 0 Å². The fourth-order valence-electron chi connectivity index (χ4n) is 5.74. The normalized spacial score (nSPS) is 19.9. The number of aryl methyl sites for hydroxylation is 1. The lowest BCUT2D eigenvalue weighted by Crippen LogP contribution is -2.37. The van der Waals surface area contributed by atoms with Gasteiger partial charge in [-0.05, 0) is 45.6 Å². The Hall–Kier alpha value is -2.46. The van der Waals surface area contributed by atoms with E-state index in [0.29, 0.717) is 25.2 Å². The molecule has 2 aliphatic heterocycles. The van der Waals surface area contributed by atoms with Gasteiger partial charge in [0.05, 0.1) is 25.4 Å². The third-order valence-electron chi connectivity index (χ3n) is 7.37. The van der Waals surface area contributed by atoms with E-state index in [2.05, 4.69) is 33.6 Å². The third-order valence-corrected chi connectivity index (χ3v) is 8.26. The Bertz CT molecular complexity index is 1010. The Morgan fingerprint density at radius 1 is 1.34 bits per heavy atom. The van der Waals surface area contributed by atoms with Gasteiger partial charge in [0.25, 0.3) is 0 Å². The Labute approximate surface area is 211 Å². The van der Waals surface area contributed by atoms with Gasteiger partial charge in [-0.25, -0.2) is 14.8 Å². The zero-order valence-corrected chi connectivity index (χ0v) is 22.1. The lowest BCUT2D eigenvalue weighted by atomic mass is 10.0. The molecular formula is C25H38N6O3S. The number of ether oxygens (including phenoxy) is 1. The van der Waals surface area contributed by atoms with E-state index in [1.807, 2.05) is 5.38 Å². The van der Waals surface area contributed by atoms with Gasteiger partial charge in [0.1, 0.15) is 10.8 Å². The summed E-state index contributed by atoms with van der Waals surface area (Å²) in [4.78, 5) is 37.4. The highest BCUT2D eigenvalue weighted by Gasteiger charge is 2.32. The minimum Gasteiger partial charge on any atom is -0.453 e. The van der Waals surface area contributed by atoms with Gasteiger partial charge in [0.2, 0.25) is 5.91 Å². The van der Waals surface area contributed by atoms with Gasteiger partial charge in [0.15, 0.2) is 0 Å². The van der Waals surface area contributed by atoms with Crippen molar-refractivity contribution in [1.82, 2.24) is 29.7 Å². The summed E-state index contributed by atoms with van der Waals surface area (Å²) < 4.78 is 7.36. The fourth-order valence-corrected chi connectivity index (χ4v) is 6.46. The molecular weight excluding hydrogens is 464 g/mol. The van der Waals surface area contributed by atoms with Crippen molar-refractivity contribution in [2.75, 3.05) is 26.7 Å². The maximum Gasteiger partial charge on any atom is 0.409 e. The van der Waals surface area contributed by atoms with Gasteiger partial charge in [0, 0.05) is 55.8 Å². The average Bonchev–Trinajstić information content (AvgIpc) is 3.59. The summed E-state index contributed by atoms with van der Waals surface area (Å²) in [5.41, 5.74) is 2.27. The number of aromatic nitrogens is 3. The molecule has 1 fully saturated rings. The number of thiazole rings is 1.